The molecule has 0 bridgehead atoms. The lowest BCUT2D eigenvalue weighted by Gasteiger charge is -2.10. The Morgan fingerprint density at radius 3 is 2.93 bits per heavy atom. The number of fused-ring (bicyclic) bond motifs is 1. The molecule has 0 saturated heterocycles. The number of amides is 1. The first-order chi connectivity index (χ1) is 14.6. The predicted octanol–water partition coefficient (Wildman–Crippen LogP) is 3.08. The Labute approximate surface area is 177 Å². The van der Waals surface area contributed by atoms with E-state index < -0.39 is 0 Å². The fourth-order valence-electron chi connectivity index (χ4n) is 3.64. The van der Waals surface area contributed by atoms with Crippen LogP contribution in [0.2, 0.25) is 0 Å². The fraction of sp³-hybridized carbons (Fsp3) is 0.522. The topological polar surface area (TPSA) is 82.5 Å². The summed E-state index contributed by atoms with van der Waals surface area (Å²) < 4.78 is 13.0. The van der Waals surface area contributed by atoms with Crippen LogP contribution in [0.4, 0.5) is 0 Å². The third-order valence-electron chi connectivity index (χ3n) is 5.15. The van der Waals surface area contributed by atoms with Crippen LogP contribution in [0.5, 0.6) is 0 Å². The number of aromatic nitrogens is 2. The second-order valence-corrected chi connectivity index (χ2v) is 7.53. The molecule has 0 unspecified atom stereocenters. The number of carbonyl (C=O) groups excluding carboxylic acids is 2. The van der Waals surface area contributed by atoms with E-state index in [1.165, 1.54) is 0 Å². The maximum Gasteiger partial charge on any atom is 0.338 e. The number of benzene rings is 1. The summed E-state index contributed by atoms with van der Waals surface area (Å²) in [5.74, 6) is -0.370. The third kappa shape index (κ3) is 5.69. The van der Waals surface area contributed by atoms with Crippen molar-refractivity contribution in [3.63, 3.8) is 0 Å². The molecule has 0 aliphatic carbocycles. The number of hydrogen-bond donors (Lipinski definition) is 1. The van der Waals surface area contributed by atoms with Crippen LogP contribution in [0.15, 0.2) is 24.3 Å². The lowest BCUT2D eigenvalue weighted by molar-refractivity contribution is 0.0494. The van der Waals surface area contributed by atoms with Gasteiger partial charge in [-0.05, 0) is 44.7 Å². The molecule has 1 aliphatic heterocycles. The van der Waals surface area contributed by atoms with Gasteiger partial charge in [0.25, 0.3) is 5.91 Å². The minimum absolute atomic E-state index is 0.0547. The molecular weight excluding hydrogens is 382 g/mol. The van der Waals surface area contributed by atoms with Crippen LogP contribution in [0.3, 0.4) is 0 Å². The van der Waals surface area contributed by atoms with Crippen molar-refractivity contribution in [2.75, 3.05) is 26.4 Å². The van der Waals surface area contributed by atoms with E-state index in [4.69, 9.17) is 9.47 Å². The van der Waals surface area contributed by atoms with Crippen molar-refractivity contribution in [2.45, 2.75) is 52.5 Å². The van der Waals surface area contributed by atoms with E-state index in [1.807, 2.05) is 36.7 Å². The van der Waals surface area contributed by atoms with Crippen LogP contribution in [0.1, 0.15) is 63.9 Å². The van der Waals surface area contributed by atoms with Gasteiger partial charge in [0.15, 0.2) is 0 Å². The van der Waals surface area contributed by atoms with Crippen molar-refractivity contribution >= 4 is 11.9 Å². The Bertz CT molecular complexity index is 875. The van der Waals surface area contributed by atoms with Gasteiger partial charge in [-0.15, -0.1) is 0 Å². The molecule has 162 valence electrons. The molecule has 3 rings (SSSR count). The van der Waals surface area contributed by atoms with Crippen LogP contribution >= 0.6 is 0 Å². The smallest absolute Gasteiger partial charge is 0.338 e. The zero-order valence-electron chi connectivity index (χ0n) is 17.9. The number of nitrogens with one attached hydrogen (secondary N) is 1. The quantitative estimate of drug-likeness (QED) is 0.581. The number of esters is 1. The number of ether oxygens (including phenoxy) is 2. The van der Waals surface area contributed by atoms with Gasteiger partial charge in [-0.25, -0.2) is 4.79 Å². The maximum absolute atomic E-state index is 12.8. The average Bonchev–Trinajstić information content (AvgIpc) is 3.08. The molecular formula is C23H31N3O4. The van der Waals surface area contributed by atoms with Gasteiger partial charge >= 0.3 is 5.97 Å². The minimum atomic E-state index is -0.316. The summed E-state index contributed by atoms with van der Waals surface area (Å²) in [4.78, 5) is 25.0. The number of hydrogen-bond acceptors (Lipinski definition) is 5. The van der Waals surface area contributed by atoms with Crippen molar-refractivity contribution in [3.05, 3.63) is 52.3 Å². The largest absolute Gasteiger partial charge is 0.462 e. The molecule has 1 aromatic heterocycles. The molecule has 2 aromatic rings. The van der Waals surface area contributed by atoms with Crippen LogP contribution in [-0.2, 0) is 28.9 Å². The number of rotatable bonds is 6. The standard InChI is InChI=1S/C23H31N3O4/c1-3-19-21-20(10-5-13-29-14-6-11-24-22(21)27)26(25-19)12-7-15-30-23(28)18-9-4-8-17(2)16-18/h4,8-9,16H,3,5-7,10-15H2,1-2H3,(H,24,27). The Kier molecular flexibility index (Phi) is 8.02. The van der Waals surface area contributed by atoms with Gasteiger partial charge < -0.3 is 14.8 Å². The van der Waals surface area contributed by atoms with E-state index in [0.717, 1.165) is 36.2 Å². The van der Waals surface area contributed by atoms with E-state index in [9.17, 15) is 9.59 Å². The molecule has 1 aromatic carbocycles. The summed E-state index contributed by atoms with van der Waals surface area (Å²) in [6.07, 6.45) is 3.72. The molecule has 7 heteroatoms. The number of aryl methyl sites for hydroxylation is 3. The highest BCUT2D eigenvalue weighted by Gasteiger charge is 2.22. The lowest BCUT2D eigenvalue weighted by atomic mass is 10.1. The molecule has 0 saturated carbocycles. The zero-order chi connectivity index (χ0) is 21.3. The van der Waals surface area contributed by atoms with E-state index in [-0.39, 0.29) is 11.9 Å². The van der Waals surface area contributed by atoms with Gasteiger partial charge in [-0.3, -0.25) is 9.48 Å². The molecule has 7 nitrogen and oxygen atoms in total. The van der Waals surface area contributed by atoms with Gasteiger partial charge in [-0.1, -0.05) is 24.6 Å². The van der Waals surface area contributed by atoms with E-state index in [0.29, 0.717) is 56.9 Å². The number of nitrogens with zero attached hydrogens (tertiary/aromatic N) is 2. The first-order valence-electron chi connectivity index (χ1n) is 10.8. The molecule has 0 radical (unpaired) electrons. The fourth-order valence-corrected chi connectivity index (χ4v) is 3.64. The minimum Gasteiger partial charge on any atom is -0.462 e. The molecule has 1 N–H and O–H groups in total. The monoisotopic (exact) mass is 413 g/mol. The predicted molar refractivity (Wildman–Crippen MR) is 114 cm³/mol. The lowest BCUT2D eigenvalue weighted by Crippen LogP contribution is -2.26. The Morgan fingerprint density at radius 2 is 2.13 bits per heavy atom. The first kappa shape index (κ1) is 22.0. The van der Waals surface area contributed by atoms with Gasteiger partial charge in [0.2, 0.25) is 0 Å². The van der Waals surface area contributed by atoms with Crippen molar-refractivity contribution in [1.82, 2.24) is 15.1 Å². The van der Waals surface area contributed by atoms with E-state index in [2.05, 4.69) is 10.4 Å². The molecule has 30 heavy (non-hydrogen) atoms. The maximum atomic E-state index is 12.8. The summed E-state index contributed by atoms with van der Waals surface area (Å²) in [7, 11) is 0. The van der Waals surface area contributed by atoms with Crippen LogP contribution in [0, 0.1) is 6.92 Å². The van der Waals surface area contributed by atoms with Crippen LogP contribution < -0.4 is 5.32 Å². The van der Waals surface area contributed by atoms with Gasteiger partial charge in [0.05, 0.1) is 29.1 Å². The Hall–Kier alpha value is -2.67. The average molecular weight is 414 g/mol. The van der Waals surface area contributed by atoms with Crippen molar-refractivity contribution in [1.29, 1.82) is 0 Å². The summed E-state index contributed by atoms with van der Waals surface area (Å²) >= 11 is 0. The third-order valence-corrected chi connectivity index (χ3v) is 5.15. The van der Waals surface area contributed by atoms with Crippen LogP contribution in [0.25, 0.3) is 0 Å². The Balaban J connectivity index is 1.65. The van der Waals surface area contributed by atoms with Crippen molar-refractivity contribution in [2.24, 2.45) is 0 Å². The summed E-state index contributed by atoms with van der Waals surface area (Å²) in [5.41, 5.74) is 4.06. The summed E-state index contributed by atoms with van der Waals surface area (Å²) in [6.45, 7) is 6.79. The summed E-state index contributed by atoms with van der Waals surface area (Å²) in [6, 6.07) is 7.37. The molecule has 0 atom stereocenters. The normalized spacial score (nSPS) is 15.1. The number of carbonyl (C=O) groups is 2. The highest BCUT2D eigenvalue weighted by molar-refractivity contribution is 5.96. The van der Waals surface area contributed by atoms with Gasteiger partial charge in [0.1, 0.15) is 0 Å². The van der Waals surface area contributed by atoms with E-state index in [1.54, 1.807) is 6.07 Å². The SMILES string of the molecule is CCc1nn(CCCOC(=O)c2cccc(C)c2)c2c1C(=O)NCCCOCCC2. The second kappa shape index (κ2) is 10.9. The summed E-state index contributed by atoms with van der Waals surface area (Å²) in [5, 5.41) is 7.68. The highest BCUT2D eigenvalue weighted by atomic mass is 16.5. The van der Waals surface area contributed by atoms with Crippen molar-refractivity contribution < 1.29 is 19.1 Å². The van der Waals surface area contributed by atoms with Gasteiger partial charge in [-0.2, -0.15) is 5.10 Å². The Morgan fingerprint density at radius 1 is 1.30 bits per heavy atom. The molecule has 0 fully saturated rings. The molecule has 0 spiro atoms. The van der Waals surface area contributed by atoms with E-state index >= 15 is 0 Å². The van der Waals surface area contributed by atoms with Gasteiger partial charge in [0, 0.05) is 32.7 Å². The first-order valence-corrected chi connectivity index (χ1v) is 10.8. The van der Waals surface area contributed by atoms with Crippen molar-refractivity contribution in [3.8, 4) is 0 Å². The molecule has 1 amide bonds. The molecule has 1 aliphatic rings. The van der Waals surface area contributed by atoms with Crippen LogP contribution in [-0.4, -0.2) is 48.0 Å². The second-order valence-electron chi connectivity index (χ2n) is 7.53. The zero-order valence-corrected chi connectivity index (χ0v) is 17.9. The molecule has 2 heterocycles. The highest BCUT2D eigenvalue weighted by Crippen LogP contribution is 2.19.